The molecular weight excluding hydrogens is 284 g/mol. The molecule has 0 aliphatic carbocycles. The van der Waals surface area contributed by atoms with E-state index < -0.39 is 5.92 Å². The second-order valence-corrected chi connectivity index (χ2v) is 7.07. The highest BCUT2D eigenvalue weighted by atomic mass is 32.2. The van der Waals surface area contributed by atoms with Gasteiger partial charge in [-0.15, -0.1) is 11.8 Å². The fraction of sp³-hybridized carbons (Fsp3) is 0.750. The minimum absolute atomic E-state index is 0.241. The molecule has 2 heterocycles. The summed E-state index contributed by atoms with van der Waals surface area (Å²) in [5.41, 5.74) is 0. The topological polar surface area (TPSA) is 65.2 Å². The zero-order valence-corrected chi connectivity index (χ0v) is 12.9. The van der Waals surface area contributed by atoms with Gasteiger partial charge in [0.1, 0.15) is 5.92 Å². The highest BCUT2D eigenvalue weighted by Gasteiger charge is 2.30. The van der Waals surface area contributed by atoms with Gasteiger partial charge in [-0.25, -0.2) is 0 Å². The fourth-order valence-corrected chi connectivity index (χ4v) is 4.50. The summed E-state index contributed by atoms with van der Waals surface area (Å²) < 4.78 is 10.2. The molecule has 0 spiro atoms. The van der Waals surface area contributed by atoms with Crippen molar-refractivity contribution in [3.63, 3.8) is 0 Å². The fourth-order valence-electron chi connectivity index (χ4n) is 1.82. The molecule has 19 heavy (non-hydrogen) atoms. The highest BCUT2D eigenvalue weighted by molar-refractivity contribution is 8.06. The average Bonchev–Trinajstić information content (AvgIpc) is 2.88. The Labute approximate surface area is 121 Å². The summed E-state index contributed by atoms with van der Waals surface area (Å²) in [6, 6.07) is 0. The van der Waals surface area contributed by atoms with E-state index in [0.29, 0.717) is 23.6 Å². The van der Waals surface area contributed by atoms with E-state index in [-0.39, 0.29) is 11.2 Å². The van der Waals surface area contributed by atoms with E-state index in [4.69, 9.17) is 9.26 Å². The van der Waals surface area contributed by atoms with Crippen molar-refractivity contribution in [1.82, 2.24) is 10.1 Å². The van der Waals surface area contributed by atoms with E-state index in [2.05, 4.69) is 17.1 Å². The smallest absolute Gasteiger partial charge is 0.318 e. The lowest BCUT2D eigenvalue weighted by atomic mass is 10.2. The minimum Gasteiger partial charge on any atom is -0.465 e. The van der Waals surface area contributed by atoms with Crippen LogP contribution in [0.5, 0.6) is 0 Å². The van der Waals surface area contributed by atoms with Crippen LogP contribution in [0.3, 0.4) is 0 Å². The molecule has 106 valence electrons. The molecule has 7 heteroatoms. The van der Waals surface area contributed by atoms with Crippen LogP contribution in [0.1, 0.15) is 43.7 Å². The molecule has 1 saturated heterocycles. The van der Waals surface area contributed by atoms with Crippen molar-refractivity contribution in [3.05, 3.63) is 11.7 Å². The lowest BCUT2D eigenvalue weighted by Gasteiger charge is -2.24. The standard InChI is InChI=1S/C12H18N2O3S2/c1-4-16-12(15)7(2)11-13-10(14-17-11)9-8(3)18-5-6-19-9/h7-9H,4-6H2,1-3H3. The molecular formula is C12H18N2O3S2. The van der Waals surface area contributed by atoms with Crippen molar-refractivity contribution >= 4 is 29.5 Å². The zero-order chi connectivity index (χ0) is 13.8. The van der Waals surface area contributed by atoms with Gasteiger partial charge in [-0.3, -0.25) is 4.79 Å². The third kappa shape index (κ3) is 3.45. The number of carbonyl (C=O) groups excluding carboxylic acids is 1. The third-order valence-corrected chi connectivity index (χ3v) is 6.00. The molecule has 1 aliphatic heterocycles. The number of esters is 1. The Balaban J connectivity index is 2.07. The Morgan fingerprint density at radius 1 is 1.53 bits per heavy atom. The van der Waals surface area contributed by atoms with Crippen molar-refractivity contribution in [2.75, 3.05) is 18.1 Å². The molecule has 0 bridgehead atoms. The molecule has 1 aromatic rings. The number of carbonyl (C=O) groups is 1. The van der Waals surface area contributed by atoms with Crippen LogP contribution >= 0.6 is 23.5 Å². The first-order valence-corrected chi connectivity index (χ1v) is 8.46. The Kier molecular flexibility index (Phi) is 5.15. The van der Waals surface area contributed by atoms with Gasteiger partial charge in [0.2, 0.25) is 5.89 Å². The van der Waals surface area contributed by atoms with Crippen LogP contribution < -0.4 is 0 Å². The van der Waals surface area contributed by atoms with Crippen LogP contribution in [0.2, 0.25) is 0 Å². The summed E-state index contributed by atoms with van der Waals surface area (Å²) in [5.74, 6) is 2.46. The first kappa shape index (κ1) is 14.7. The van der Waals surface area contributed by atoms with Crippen LogP contribution in [0.15, 0.2) is 4.52 Å². The SMILES string of the molecule is CCOC(=O)C(C)c1nc(C2SCCSC2C)no1. The molecule has 0 aromatic carbocycles. The van der Waals surface area contributed by atoms with E-state index in [1.54, 1.807) is 13.8 Å². The maximum Gasteiger partial charge on any atom is 0.318 e. The molecule has 1 fully saturated rings. The van der Waals surface area contributed by atoms with Gasteiger partial charge in [-0.2, -0.15) is 16.7 Å². The summed E-state index contributed by atoms with van der Waals surface area (Å²) in [4.78, 5) is 16.0. The third-order valence-electron chi connectivity index (χ3n) is 2.91. The number of thioether (sulfide) groups is 2. The van der Waals surface area contributed by atoms with E-state index in [1.165, 1.54) is 0 Å². The molecule has 0 radical (unpaired) electrons. The maximum absolute atomic E-state index is 11.6. The molecule has 2 rings (SSSR count). The van der Waals surface area contributed by atoms with Crippen LogP contribution in [0.4, 0.5) is 0 Å². The molecule has 3 unspecified atom stereocenters. The number of hydrogen-bond acceptors (Lipinski definition) is 7. The summed E-state index contributed by atoms with van der Waals surface area (Å²) in [7, 11) is 0. The number of rotatable bonds is 4. The predicted molar refractivity (Wildman–Crippen MR) is 76.5 cm³/mol. The van der Waals surface area contributed by atoms with Crippen molar-refractivity contribution in [1.29, 1.82) is 0 Å². The van der Waals surface area contributed by atoms with Gasteiger partial charge in [0, 0.05) is 16.8 Å². The monoisotopic (exact) mass is 302 g/mol. The highest BCUT2D eigenvalue weighted by Crippen LogP contribution is 2.41. The maximum atomic E-state index is 11.6. The summed E-state index contributed by atoms with van der Waals surface area (Å²) in [6.45, 7) is 6.03. The number of nitrogens with zero attached hydrogens (tertiary/aromatic N) is 2. The second-order valence-electron chi connectivity index (χ2n) is 4.33. The molecule has 3 atom stereocenters. The van der Waals surface area contributed by atoms with Gasteiger partial charge >= 0.3 is 5.97 Å². The van der Waals surface area contributed by atoms with Crippen molar-refractivity contribution in [3.8, 4) is 0 Å². The average molecular weight is 302 g/mol. The van der Waals surface area contributed by atoms with Crippen molar-refractivity contribution in [2.24, 2.45) is 0 Å². The number of hydrogen-bond donors (Lipinski definition) is 0. The van der Waals surface area contributed by atoms with Crippen molar-refractivity contribution in [2.45, 2.75) is 37.2 Å². The molecule has 5 nitrogen and oxygen atoms in total. The van der Waals surface area contributed by atoms with Gasteiger partial charge in [0.25, 0.3) is 0 Å². The van der Waals surface area contributed by atoms with Crippen LogP contribution in [0.25, 0.3) is 0 Å². The van der Waals surface area contributed by atoms with E-state index in [1.807, 2.05) is 23.5 Å². The normalized spacial score (nSPS) is 25.0. The lowest BCUT2D eigenvalue weighted by molar-refractivity contribution is -0.145. The van der Waals surface area contributed by atoms with Crippen LogP contribution in [-0.2, 0) is 9.53 Å². The number of ether oxygens (including phenoxy) is 1. The second kappa shape index (κ2) is 6.65. The first-order valence-electron chi connectivity index (χ1n) is 6.36. The van der Waals surface area contributed by atoms with Gasteiger partial charge in [-0.1, -0.05) is 12.1 Å². The van der Waals surface area contributed by atoms with Crippen molar-refractivity contribution < 1.29 is 14.1 Å². The summed E-state index contributed by atoms with van der Waals surface area (Å²) in [6.07, 6.45) is 0. The van der Waals surface area contributed by atoms with Crippen LogP contribution in [-0.4, -0.2) is 39.5 Å². The van der Waals surface area contributed by atoms with Gasteiger partial charge < -0.3 is 9.26 Å². The predicted octanol–water partition coefficient (Wildman–Crippen LogP) is 2.65. The van der Waals surface area contributed by atoms with E-state index in [9.17, 15) is 4.79 Å². The first-order chi connectivity index (χ1) is 9.13. The molecule has 1 aromatic heterocycles. The van der Waals surface area contributed by atoms with Gasteiger partial charge in [0.15, 0.2) is 5.82 Å². The molecule has 1 aliphatic rings. The Morgan fingerprint density at radius 3 is 2.95 bits per heavy atom. The van der Waals surface area contributed by atoms with E-state index >= 15 is 0 Å². The quantitative estimate of drug-likeness (QED) is 0.792. The molecule has 0 N–H and O–H groups in total. The molecule has 0 amide bonds. The molecule has 0 saturated carbocycles. The summed E-state index contributed by atoms with van der Waals surface area (Å²) >= 11 is 3.77. The minimum atomic E-state index is -0.502. The zero-order valence-electron chi connectivity index (χ0n) is 11.3. The summed E-state index contributed by atoms with van der Waals surface area (Å²) in [5, 5.41) is 4.73. The lowest BCUT2D eigenvalue weighted by Crippen LogP contribution is -2.17. The van der Waals surface area contributed by atoms with Gasteiger partial charge in [-0.05, 0) is 13.8 Å². The largest absolute Gasteiger partial charge is 0.465 e. The van der Waals surface area contributed by atoms with E-state index in [0.717, 1.165) is 11.5 Å². The van der Waals surface area contributed by atoms with Gasteiger partial charge in [0.05, 0.1) is 11.9 Å². The Hall–Kier alpha value is -0.690. The van der Waals surface area contributed by atoms with Crippen LogP contribution in [0, 0.1) is 0 Å². The number of aromatic nitrogens is 2. The Bertz CT molecular complexity index is 438. The Morgan fingerprint density at radius 2 is 2.26 bits per heavy atom.